The molecule has 1 atom stereocenters. The molecule has 0 aliphatic carbocycles. The third-order valence-electron chi connectivity index (χ3n) is 3.66. The fourth-order valence-electron chi connectivity index (χ4n) is 2.09. The predicted molar refractivity (Wildman–Crippen MR) is 98.2 cm³/mol. The summed E-state index contributed by atoms with van der Waals surface area (Å²) in [6, 6.07) is 8.37. The van der Waals surface area contributed by atoms with Crippen LogP contribution in [0, 0.1) is 12.8 Å². The summed E-state index contributed by atoms with van der Waals surface area (Å²) in [6.07, 6.45) is -0.884. The Morgan fingerprint density at radius 2 is 1.68 bits per heavy atom. The average Bonchev–Trinajstić information content (AvgIpc) is 3.00. The Balaban J connectivity index is 2.01. The Kier molecular flexibility index (Phi) is 6.09. The fraction of sp³-hybridized carbons (Fsp3) is 0.316. The first-order chi connectivity index (χ1) is 11.8. The molecule has 6 heteroatoms. The lowest BCUT2D eigenvalue weighted by atomic mass is 10.1. The van der Waals surface area contributed by atoms with Crippen LogP contribution in [0.5, 0.6) is 0 Å². The number of Topliss-reactive ketones (excluding diaryl/α,β-unsaturated/α-hetero) is 1. The molecule has 0 saturated heterocycles. The molecule has 5 nitrogen and oxygen atoms in total. The van der Waals surface area contributed by atoms with Crippen molar-refractivity contribution in [2.75, 3.05) is 5.32 Å². The fourth-order valence-corrected chi connectivity index (χ4v) is 2.90. The van der Waals surface area contributed by atoms with Crippen molar-refractivity contribution in [3.05, 3.63) is 51.7 Å². The van der Waals surface area contributed by atoms with E-state index in [9.17, 15) is 14.4 Å². The lowest BCUT2D eigenvalue weighted by Crippen LogP contribution is -2.24. The molecule has 1 N–H and O–H groups in total. The minimum atomic E-state index is -0.884. The topological polar surface area (TPSA) is 72.5 Å². The summed E-state index contributed by atoms with van der Waals surface area (Å²) in [5.74, 6) is -0.993. The Morgan fingerprint density at radius 1 is 1.04 bits per heavy atom. The molecule has 1 aromatic carbocycles. The summed E-state index contributed by atoms with van der Waals surface area (Å²) >= 11 is 1.29. The van der Waals surface area contributed by atoms with Gasteiger partial charge in [0.1, 0.15) is 4.88 Å². The van der Waals surface area contributed by atoms with Crippen LogP contribution in [0.2, 0.25) is 0 Å². The van der Waals surface area contributed by atoms with Crippen molar-refractivity contribution in [1.82, 2.24) is 0 Å². The van der Waals surface area contributed by atoms with Crippen LogP contribution in [-0.2, 0) is 9.53 Å². The number of anilines is 1. The van der Waals surface area contributed by atoms with E-state index in [0.717, 1.165) is 5.56 Å². The first-order valence-corrected chi connectivity index (χ1v) is 8.87. The van der Waals surface area contributed by atoms with E-state index < -0.39 is 12.1 Å². The highest BCUT2D eigenvalue weighted by molar-refractivity contribution is 7.12. The van der Waals surface area contributed by atoms with E-state index in [1.165, 1.54) is 11.3 Å². The molecule has 0 bridgehead atoms. The van der Waals surface area contributed by atoms with Crippen LogP contribution < -0.4 is 5.32 Å². The van der Waals surface area contributed by atoms with Gasteiger partial charge in [-0.2, -0.15) is 0 Å². The molecule has 1 aromatic heterocycles. The molecule has 1 amide bonds. The SMILES string of the molecule is Cc1ccsc1C(=O)OC(C)C(=O)c1ccc(NC(=O)C(C)C)cc1. The van der Waals surface area contributed by atoms with Gasteiger partial charge >= 0.3 is 5.97 Å². The molecule has 0 aliphatic rings. The van der Waals surface area contributed by atoms with Crippen LogP contribution >= 0.6 is 11.3 Å². The third-order valence-corrected chi connectivity index (χ3v) is 4.66. The molecule has 0 fully saturated rings. The largest absolute Gasteiger partial charge is 0.450 e. The second-order valence-corrected chi connectivity index (χ2v) is 6.98. The number of ether oxygens (including phenoxy) is 1. The van der Waals surface area contributed by atoms with Gasteiger partial charge in [0.25, 0.3) is 0 Å². The smallest absolute Gasteiger partial charge is 0.349 e. The van der Waals surface area contributed by atoms with Gasteiger partial charge in [-0.1, -0.05) is 13.8 Å². The van der Waals surface area contributed by atoms with E-state index >= 15 is 0 Å². The van der Waals surface area contributed by atoms with Crippen molar-refractivity contribution in [2.45, 2.75) is 33.8 Å². The molecule has 25 heavy (non-hydrogen) atoms. The number of aryl methyl sites for hydroxylation is 1. The normalized spacial score (nSPS) is 11.9. The van der Waals surface area contributed by atoms with Crippen LogP contribution in [0.3, 0.4) is 0 Å². The quantitative estimate of drug-likeness (QED) is 0.623. The monoisotopic (exact) mass is 359 g/mol. The number of hydrogen-bond acceptors (Lipinski definition) is 5. The van der Waals surface area contributed by atoms with Gasteiger partial charge in [0.05, 0.1) is 0 Å². The summed E-state index contributed by atoms with van der Waals surface area (Å²) in [5, 5.41) is 4.57. The van der Waals surface area contributed by atoms with Gasteiger partial charge in [-0.25, -0.2) is 4.79 Å². The van der Waals surface area contributed by atoms with Crippen molar-refractivity contribution in [3.63, 3.8) is 0 Å². The van der Waals surface area contributed by atoms with Gasteiger partial charge < -0.3 is 10.1 Å². The summed E-state index contributed by atoms with van der Waals surface area (Å²) in [7, 11) is 0. The molecule has 132 valence electrons. The standard InChI is InChI=1S/C19H21NO4S/c1-11(2)18(22)20-15-7-5-14(6-8-15)16(21)13(4)24-19(23)17-12(3)9-10-25-17/h5-11,13H,1-4H3,(H,20,22). The number of hydrogen-bond donors (Lipinski definition) is 1. The first-order valence-electron chi connectivity index (χ1n) is 7.99. The number of thiophene rings is 1. The molecular weight excluding hydrogens is 338 g/mol. The molecule has 1 unspecified atom stereocenters. The van der Waals surface area contributed by atoms with E-state index in [1.54, 1.807) is 45.0 Å². The lowest BCUT2D eigenvalue weighted by Gasteiger charge is -2.13. The second-order valence-electron chi connectivity index (χ2n) is 6.07. The Morgan fingerprint density at radius 3 is 2.20 bits per heavy atom. The van der Waals surface area contributed by atoms with Crippen molar-refractivity contribution in [2.24, 2.45) is 5.92 Å². The number of amides is 1. The number of carbonyl (C=O) groups excluding carboxylic acids is 3. The van der Waals surface area contributed by atoms with E-state index in [1.807, 2.05) is 18.4 Å². The number of nitrogens with one attached hydrogen (secondary N) is 1. The zero-order chi connectivity index (χ0) is 18.6. The molecule has 2 aromatic rings. The van der Waals surface area contributed by atoms with Gasteiger partial charge in [0.2, 0.25) is 11.7 Å². The van der Waals surface area contributed by atoms with Crippen LogP contribution in [0.25, 0.3) is 0 Å². The number of benzene rings is 1. The van der Waals surface area contributed by atoms with Crippen LogP contribution in [0.15, 0.2) is 35.7 Å². The Bertz CT molecular complexity index is 777. The van der Waals surface area contributed by atoms with E-state index in [-0.39, 0.29) is 17.6 Å². The first kappa shape index (κ1) is 18.9. The lowest BCUT2D eigenvalue weighted by molar-refractivity contribution is -0.118. The maximum Gasteiger partial charge on any atom is 0.349 e. The molecule has 2 rings (SSSR count). The van der Waals surface area contributed by atoms with Crippen molar-refractivity contribution >= 4 is 34.7 Å². The second kappa shape index (κ2) is 8.07. The number of rotatable bonds is 6. The van der Waals surface area contributed by atoms with Crippen LogP contribution in [-0.4, -0.2) is 23.8 Å². The predicted octanol–water partition coefficient (Wildman–Crippen LogP) is 4.08. The van der Waals surface area contributed by atoms with Gasteiger partial charge in [0, 0.05) is 17.2 Å². The summed E-state index contributed by atoms with van der Waals surface area (Å²) < 4.78 is 5.27. The Hall–Kier alpha value is -2.47. The molecule has 0 saturated carbocycles. The van der Waals surface area contributed by atoms with Crippen LogP contribution in [0.1, 0.15) is 46.4 Å². The summed E-state index contributed by atoms with van der Waals surface area (Å²) in [5.41, 5.74) is 1.87. The Labute approximate surface area is 151 Å². The molecule has 0 spiro atoms. The summed E-state index contributed by atoms with van der Waals surface area (Å²) in [4.78, 5) is 36.7. The number of esters is 1. The van der Waals surface area contributed by atoms with Crippen molar-refractivity contribution in [3.8, 4) is 0 Å². The van der Waals surface area contributed by atoms with E-state index in [2.05, 4.69) is 5.32 Å². The van der Waals surface area contributed by atoms with E-state index in [0.29, 0.717) is 16.1 Å². The average molecular weight is 359 g/mol. The number of carbonyl (C=O) groups is 3. The molecule has 0 aliphatic heterocycles. The van der Waals surface area contributed by atoms with Gasteiger partial charge in [-0.05, 0) is 55.1 Å². The summed E-state index contributed by atoms with van der Waals surface area (Å²) in [6.45, 7) is 6.98. The van der Waals surface area contributed by atoms with Gasteiger partial charge in [-0.15, -0.1) is 11.3 Å². The zero-order valence-electron chi connectivity index (χ0n) is 14.7. The maximum absolute atomic E-state index is 12.4. The highest BCUT2D eigenvalue weighted by Crippen LogP contribution is 2.19. The maximum atomic E-state index is 12.4. The van der Waals surface area contributed by atoms with Crippen LogP contribution in [0.4, 0.5) is 5.69 Å². The third kappa shape index (κ3) is 4.76. The van der Waals surface area contributed by atoms with Gasteiger partial charge in [0.15, 0.2) is 6.10 Å². The minimum Gasteiger partial charge on any atom is -0.450 e. The van der Waals surface area contributed by atoms with Crippen molar-refractivity contribution in [1.29, 1.82) is 0 Å². The highest BCUT2D eigenvalue weighted by Gasteiger charge is 2.22. The van der Waals surface area contributed by atoms with E-state index in [4.69, 9.17) is 4.74 Å². The zero-order valence-corrected chi connectivity index (χ0v) is 15.5. The van der Waals surface area contributed by atoms with Crippen molar-refractivity contribution < 1.29 is 19.1 Å². The number of ketones is 1. The molecule has 0 radical (unpaired) electrons. The molecule has 1 heterocycles. The highest BCUT2D eigenvalue weighted by atomic mass is 32.1. The van der Waals surface area contributed by atoms with Gasteiger partial charge in [-0.3, -0.25) is 9.59 Å². The molecular formula is C19H21NO4S. The minimum absolute atomic E-state index is 0.0901.